The molecule has 0 radical (unpaired) electrons. The zero-order valence-corrected chi connectivity index (χ0v) is 12.7. The van der Waals surface area contributed by atoms with Crippen molar-refractivity contribution in [1.82, 2.24) is 19.9 Å². The summed E-state index contributed by atoms with van der Waals surface area (Å²) in [7, 11) is 0. The Morgan fingerprint density at radius 3 is 2.32 bits per heavy atom. The van der Waals surface area contributed by atoms with E-state index in [2.05, 4.69) is 10.3 Å². The lowest BCUT2D eigenvalue weighted by molar-refractivity contribution is -0.187. The van der Waals surface area contributed by atoms with E-state index in [-0.39, 0.29) is 5.56 Å². The van der Waals surface area contributed by atoms with Crippen molar-refractivity contribution < 1.29 is 27.9 Å². The molecule has 1 saturated heterocycles. The Kier molecular flexibility index (Phi) is 4.19. The average Bonchev–Trinajstić information content (AvgIpc) is 3.23. The molecule has 1 fully saturated rings. The number of carbonyl (C=O) groups is 2. The molecule has 2 heterocycles. The standard InChI is InChI=1S/C15H13F3N4O3/c16-15(17,18)12-8-21(7-11(12)14(24)25)13(23)9-1-3-10(4-2-9)22-6-5-19-20-22/h1-6,11-12H,7-8H2,(H,24,25)/t11-,12-/m1/s1. The van der Waals surface area contributed by atoms with Crippen LogP contribution in [0.4, 0.5) is 13.2 Å². The first-order valence-corrected chi connectivity index (χ1v) is 7.33. The molecule has 0 aliphatic carbocycles. The summed E-state index contributed by atoms with van der Waals surface area (Å²) in [5.41, 5.74) is 0.808. The number of carboxylic acid groups (broad SMARTS) is 1. The first-order valence-electron chi connectivity index (χ1n) is 7.33. The Morgan fingerprint density at radius 2 is 1.84 bits per heavy atom. The third-order valence-corrected chi connectivity index (χ3v) is 4.15. The van der Waals surface area contributed by atoms with E-state index in [4.69, 9.17) is 5.11 Å². The van der Waals surface area contributed by atoms with Crippen molar-refractivity contribution in [2.45, 2.75) is 6.18 Å². The number of nitrogens with zero attached hydrogens (tertiary/aromatic N) is 4. The van der Waals surface area contributed by atoms with E-state index >= 15 is 0 Å². The van der Waals surface area contributed by atoms with Crippen molar-refractivity contribution in [3.8, 4) is 5.69 Å². The molecule has 0 unspecified atom stereocenters. The van der Waals surface area contributed by atoms with Crippen molar-refractivity contribution in [3.63, 3.8) is 0 Å². The largest absolute Gasteiger partial charge is 0.481 e. The van der Waals surface area contributed by atoms with Gasteiger partial charge in [-0.2, -0.15) is 13.2 Å². The summed E-state index contributed by atoms with van der Waals surface area (Å²) in [6.45, 7) is -1.13. The molecule has 7 nitrogen and oxygen atoms in total. The van der Waals surface area contributed by atoms with E-state index < -0.39 is 43.0 Å². The minimum Gasteiger partial charge on any atom is -0.481 e. The Bertz CT molecular complexity index is 774. The minimum absolute atomic E-state index is 0.177. The third kappa shape index (κ3) is 3.32. The number of aromatic nitrogens is 3. The molecule has 25 heavy (non-hydrogen) atoms. The Balaban J connectivity index is 1.78. The van der Waals surface area contributed by atoms with Gasteiger partial charge >= 0.3 is 12.1 Å². The summed E-state index contributed by atoms with van der Waals surface area (Å²) >= 11 is 0. The van der Waals surface area contributed by atoms with Gasteiger partial charge < -0.3 is 10.0 Å². The number of alkyl halides is 3. The number of hydrogen-bond donors (Lipinski definition) is 1. The molecule has 1 aromatic heterocycles. The highest BCUT2D eigenvalue weighted by molar-refractivity contribution is 5.95. The molecule has 3 rings (SSSR count). The van der Waals surface area contributed by atoms with E-state index in [1.54, 1.807) is 18.3 Å². The SMILES string of the molecule is O=C(O)[C@@H]1CN(C(=O)c2ccc(-n3ccnn3)cc2)C[C@H]1C(F)(F)F. The second-order valence-electron chi connectivity index (χ2n) is 5.70. The van der Waals surface area contributed by atoms with E-state index in [9.17, 15) is 22.8 Å². The van der Waals surface area contributed by atoms with Gasteiger partial charge in [0.1, 0.15) is 0 Å². The van der Waals surface area contributed by atoms with Gasteiger partial charge in [-0.25, -0.2) is 4.68 Å². The summed E-state index contributed by atoms with van der Waals surface area (Å²) < 4.78 is 40.5. The fourth-order valence-corrected chi connectivity index (χ4v) is 2.84. The average molecular weight is 354 g/mol. The molecule has 0 saturated carbocycles. The van der Waals surface area contributed by atoms with Crippen molar-refractivity contribution in [2.24, 2.45) is 11.8 Å². The minimum atomic E-state index is -4.67. The van der Waals surface area contributed by atoms with Gasteiger partial charge in [-0.1, -0.05) is 5.21 Å². The van der Waals surface area contributed by atoms with E-state index in [0.717, 1.165) is 4.90 Å². The van der Waals surface area contributed by atoms with Crippen LogP contribution in [0.25, 0.3) is 5.69 Å². The summed E-state index contributed by atoms with van der Waals surface area (Å²) in [5.74, 6) is -5.91. The van der Waals surface area contributed by atoms with Crippen LogP contribution in [0.5, 0.6) is 0 Å². The second kappa shape index (κ2) is 6.19. The summed E-state index contributed by atoms with van der Waals surface area (Å²) in [4.78, 5) is 24.4. The van der Waals surface area contributed by atoms with Gasteiger partial charge in [0.25, 0.3) is 5.91 Å². The smallest absolute Gasteiger partial charge is 0.394 e. The molecule has 2 aromatic rings. The Labute approximate surface area is 139 Å². The molecule has 1 aliphatic rings. The number of amides is 1. The number of likely N-dealkylation sites (tertiary alicyclic amines) is 1. The quantitative estimate of drug-likeness (QED) is 0.905. The summed E-state index contributed by atoms with van der Waals surface area (Å²) in [5, 5.41) is 16.4. The lowest BCUT2D eigenvalue weighted by Gasteiger charge is -2.18. The lowest BCUT2D eigenvalue weighted by Crippen LogP contribution is -2.34. The van der Waals surface area contributed by atoms with Crippen molar-refractivity contribution in [3.05, 3.63) is 42.2 Å². The summed E-state index contributed by atoms with van der Waals surface area (Å²) in [6.07, 6.45) is -1.59. The molecule has 1 aliphatic heterocycles. The van der Waals surface area contributed by atoms with Crippen LogP contribution in [-0.4, -0.2) is 56.1 Å². The monoisotopic (exact) mass is 354 g/mol. The van der Waals surface area contributed by atoms with Gasteiger partial charge in [0.2, 0.25) is 0 Å². The first-order chi connectivity index (χ1) is 11.8. The first kappa shape index (κ1) is 16.9. The van der Waals surface area contributed by atoms with E-state index in [1.165, 1.54) is 23.0 Å². The van der Waals surface area contributed by atoms with Crippen LogP contribution in [0.15, 0.2) is 36.7 Å². The number of rotatable bonds is 3. The number of carbonyl (C=O) groups excluding carboxylic acids is 1. The van der Waals surface area contributed by atoms with Gasteiger partial charge in [0.05, 0.1) is 29.9 Å². The van der Waals surface area contributed by atoms with Crippen molar-refractivity contribution in [2.75, 3.05) is 13.1 Å². The van der Waals surface area contributed by atoms with Crippen LogP contribution in [0.1, 0.15) is 10.4 Å². The third-order valence-electron chi connectivity index (χ3n) is 4.15. The van der Waals surface area contributed by atoms with Crippen LogP contribution in [0, 0.1) is 11.8 Å². The molecule has 1 aromatic carbocycles. The van der Waals surface area contributed by atoms with Gasteiger partial charge in [-0.05, 0) is 24.3 Å². The molecule has 10 heteroatoms. The van der Waals surface area contributed by atoms with Gasteiger partial charge in [0, 0.05) is 18.7 Å². The normalized spacial score (nSPS) is 20.7. The number of hydrogen-bond acceptors (Lipinski definition) is 4. The fourth-order valence-electron chi connectivity index (χ4n) is 2.84. The van der Waals surface area contributed by atoms with Crippen LogP contribution in [0.3, 0.4) is 0 Å². The van der Waals surface area contributed by atoms with Gasteiger partial charge in [-0.3, -0.25) is 9.59 Å². The maximum Gasteiger partial charge on any atom is 0.394 e. The van der Waals surface area contributed by atoms with Crippen LogP contribution in [0.2, 0.25) is 0 Å². The highest BCUT2D eigenvalue weighted by Crippen LogP contribution is 2.38. The zero-order valence-electron chi connectivity index (χ0n) is 12.7. The Morgan fingerprint density at radius 1 is 1.16 bits per heavy atom. The van der Waals surface area contributed by atoms with Gasteiger partial charge in [0.15, 0.2) is 0 Å². The highest BCUT2D eigenvalue weighted by Gasteiger charge is 2.53. The van der Waals surface area contributed by atoms with Crippen molar-refractivity contribution in [1.29, 1.82) is 0 Å². The molecule has 1 N–H and O–H groups in total. The number of aliphatic carboxylic acids is 1. The zero-order chi connectivity index (χ0) is 18.2. The molecule has 1 amide bonds. The van der Waals surface area contributed by atoms with E-state index in [1.807, 2.05) is 0 Å². The molecular formula is C15H13F3N4O3. The van der Waals surface area contributed by atoms with Gasteiger partial charge in [-0.15, -0.1) is 5.10 Å². The summed E-state index contributed by atoms with van der Waals surface area (Å²) in [6, 6.07) is 6.06. The molecule has 132 valence electrons. The number of benzene rings is 1. The lowest BCUT2D eigenvalue weighted by atomic mass is 9.96. The molecular weight excluding hydrogens is 341 g/mol. The van der Waals surface area contributed by atoms with E-state index in [0.29, 0.717) is 5.69 Å². The van der Waals surface area contributed by atoms with Crippen LogP contribution < -0.4 is 0 Å². The molecule has 0 spiro atoms. The number of halogens is 3. The maximum absolute atomic E-state index is 13.0. The van der Waals surface area contributed by atoms with Crippen molar-refractivity contribution >= 4 is 11.9 Å². The number of carboxylic acids is 1. The fraction of sp³-hybridized carbons (Fsp3) is 0.333. The molecule has 0 bridgehead atoms. The predicted octanol–water partition coefficient (Wildman–Crippen LogP) is 1.60. The predicted molar refractivity (Wildman–Crippen MR) is 77.9 cm³/mol. The highest BCUT2D eigenvalue weighted by atomic mass is 19.4. The van der Waals surface area contributed by atoms with Crippen LogP contribution in [-0.2, 0) is 4.79 Å². The second-order valence-corrected chi connectivity index (χ2v) is 5.70. The Hall–Kier alpha value is -2.91. The topological polar surface area (TPSA) is 88.3 Å². The maximum atomic E-state index is 13.0. The van der Waals surface area contributed by atoms with Crippen LogP contribution >= 0.6 is 0 Å². The molecule has 2 atom stereocenters.